The number of ether oxygens (including phenoxy) is 2. The predicted molar refractivity (Wildman–Crippen MR) is 60.8 cm³/mol. The molecule has 0 rings (SSSR count). The van der Waals surface area contributed by atoms with Crippen LogP contribution in [0.25, 0.3) is 0 Å². The summed E-state index contributed by atoms with van der Waals surface area (Å²) < 4.78 is 9.35. The molecule has 120 valence electrons. The molecule has 0 bridgehead atoms. The topological polar surface area (TPSA) is 193 Å². The molecule has 9 nitrogen and oxygen atoms in total. The number of nitriles is 6. The van der Waals surface area contributed by atoms with Crippen molar-refractivity contribution in [3.8, 4) is 30.0 Å². The zero-order valence-corrected chi connectivity index (χ0v) is 20.4. The van der Waals surface area contributed by atoms with Gasteiger partial charge in [-0.15, -0.1) is 0 Å². The van der Waals surface area contributed by atoms with E-state index in [0.717, 1.165) is 30.0 Å². The smallest absolute Gasteiger partial charge is 1.00 e. The van der Waals surface area contributed by atoms with Crippen molar-refractivity contribution in [2.24, 2.45) is 0 Å². The Bertz CT molecular complexity index is 486. The maximum absolute atomic E-state index is 8.58. The Balaban J connectivity index is -0.0000000635. The summed E-state index contributed by atoms with van der Waals surface area (Å²) in [6, 6.07) is 0. The van der Waals surface area contributed by atoms with Gasteiger partial charge in [0, 0.05) is 14.2 Å². The quantitative estimate of drug-likeness (QED) is 0.287. The molecule has 0 aromatic carbocycles. The van der Waals surface area contributed by atoms with Crippen LogP contribution in [0.1, 0.15) is 6.92 Å². The second-order valence-electron chi connectivity index (χ2n) is 2.74. The molecule has 0 unspecified atom stereocenters. The van der Waals surface area contributed by atoms with Gasteiger partial charge in [-0.1, -0.05) is 0 Å². The van der Waals surface area contributed by atoms with Crippen LogP contribution in [0.2, 0.25) is 0 Å². The first-order valence-electron chi connectivity index (χ1n) is 4.21. The molecule has 0 saturated carbocycles. The van der Waals surface area contributed by atoms with E-state index in [0.29, 0.717) is 0 Å². The van der Waals surface area contributed by atoms with Crippen molar-refractivity contribution >= 4 is 0 Å². The largest absolute Gasteiger partial charge is 2.00 e. The van der Waals surface area contributed by atoms with Crippen LogP contribution in [-0.4, -0.2) is 26.0 Å². The molecule has 0 aliphatic carbocycles. The molecular weight excluding hydrogens is 477 g/mol. The van der Waals surface area contributed by atoms with Gasteiger partial charge in [0.2, 0.25) is 0 Å². The van der Waals surface area contributed by atoms with Crippen molar-refractivity contribution in [3.63, 3.8) is 0 Å². The Morgan fingerprint density at radius 1 is 0.696 bits per heavy atom. The van der Waals surface area contributed by atoms with Crippen molar-refractivity contribution in [3.05, 3.63) is 0 Å². The monoisotopic (exact) mass is 486 g/mol. The van der Waals surface area contributed by atoms with Crippen molar-refractivity contribution in [1.29, 1.82) is 31.6 Å². The molecule has 0 fully saturated rings. The van der Waals surface area contributed by atoms with E-state index in [1.165, 1.54) is 0 Å². The van der Waals surface area contributed by atoms with Crippen LogP contribution < -0.4 is 12.4 Å². The number of rotatable bonds is 2. The zero-order chi connectivity index (χ0) is 15.6. The molecule has 0 saturated heterocycles. The van der Waals surface area contributed by atoms with E-state index in [1.54, 1.807) is 14.2 Å². The van der Waals surface area contributed by atoms with Crippen LogP contribution in [-0.2, 0) is 59.0 Å². The fourth-order valence-electron chi connectivity index (χ4n) is 0.346. The molecule has 0 atom stereocenters. The molecule has 23 heavy (non-hydrogen) atoms. The Kier molecular flexibility index (Phi) is 21.9. The van der Waals surface area contributed by atoms with Crippen LogP contribution in [0.15, 0.2) is 0 Å². The third-order valence-corrected chi connectivity index (χ3v) is 5.27. The number of methoxy groups -OCH3 is 2. The Morgan fingerprint density at radius 2 is 0.870 bits per heavy atom. The summed E-state index contributed by atoms with van der Waals surface area (Å²) >= 11 is 0. The summed E-state index contributed by atoms with van der Waals surface area (Å²) in [5.41, 5.74) is 0. The summed E-state index contributed by atoms with van der Waals surface area (Å²) in [6.07, 6.45) is -0.0648. The van der Waals surface area contributed by atoms with Gasteiger partial charge >= 0.3 is 111 Å². The van der Waals surface area contributed by atoms with Gasteiger partial charge in [0.15, 0.2) is 6.29 Å². The van der Waals surface area contributed by atoms with Crippen molar-refractivity contribution in [2.45, 2.75) is 13.2 Å². The van der Waals surface area contributed by atoms with Gasteiger partial charge in [-0.05, 0) is 6.92 Å². The molecule has 0 aliphatic rings. The van der Waals surface area contributed by atoms with Crippen LogP contribution in [0.3, 0.4) is 0 Å². The molecule has 0 aromatic heterocycles. The van der Waals surface area contributed by atoms with Crippen LogP contribution in [0.5, 0.6) is 0 Å². The van der Waals surface area contributed by atoms with Crippen molar-refractivity contribution in [1.82, 2.24) is 0 Å². The van der Waals surface area contributed by atoms with Crippen LogP contribution in [0.4, 0.5) is 0 Å². The predicted octanol–water partition coefficient (Wildman–Crippen LogP) is -3.10. The summed E-state index contributed by atoms with van der Waals surface area (Å²) in [5, 5.41) is 57.6. The SMILES string of the molecule is COC(C)OC.N#[C][Co-3]([C]#N)([C]#N)([C]#N)([C]#N)[C]#N.O.[Cl-].[Zn+2].[Zn+2]. The minimum Gasteiger partial charge on any atom is -1.00 e. The Hall–Kier alpha value is -1.14. The van der Waals surface area contributed by atoms with Gasteiger partial charge in [0.05, 0.1) is 0 Å². The molecule has 13 heteroatoms. The summed E-state index contributed by atoms with van der Waals surface area (Å²) in [6.45, 7) is 1.83. The minimum atomic E-state index is -6.03. The molecule has 0 radical (unpaired) electrons. The first-order chi connectivity index (χ1) is 8.78. The molecule has 0 aliphatic heterocycles. The van der Waals surface area contributed by atoms with Gasteiger partial charge in [-0.25, -0.2) is 0 Å². The maximum Gasteiger partial charge on any atom is 2.00 e. The number of hydrogen-bond acceptors (Lipinski definition) is 8. The minimum absolute atomic E-state index is 0. The second-order valence-corrected chi connectivity index (χ2v) is 8.04. The van der Waals surface area contributed by atoms with E-state index in [1.807, 2.05) is 6.92 Å². The van der Waals surface area contributed by atoms with Crippen LogP contribution >= 0.6 is 0 Å². The third-order valence-electron chi connectivity index (χ3n) is 1.78. The van der Waals surface area contributed by atoms with Gasteiger partial charge in [-0.2, -0.15) is 0 Å². The van der Waals surface area contributed by atoms with Gasteiger partial charge < -0.3 is 27.4 Å². The number of hydrogen-bond donors (Lipinski definition) is 0. The van der Waals surface area contributed by atoms with Gasteiger partial charge in [-0.3, -0.25) is 0 Å². The van der Waals surface area contributed by atoms with E-state index in [4.69, 9.17) is 31.6 Å². The van der Waals surface area contributed by atoms with Crippen molar-refractivity contribution < 1.29 is 76.8 Å². The fraction of sp³-hybridized carbons (Fsp3) is 0.400. The van der Waals surface area contributed by atoms with E-state index >= 15 is 0 Å². The maximum atomic E-state index is 8.58. The first-order valence-corrected chi connectivity index (χ1v) is 7.33. The van der Waals surface area contributed by atoms with Crippen molar-refractivity contribution in [2.75, 3.05) is 14.2 Å². The zero-order valence-electron chi connectivity index (χ0n) is 12.7. The molecule has 0 aromatic rings. The summed E-state index contributed by atoms with van der Waals surface area (Å²) in [4.78, 5) is 0. The van der Waals surface area contributed by atoms with E-state index in [-0.39, 0.29) is 63.1 Å². The van der Waals surface area contributed by atoms with Gasteiger partial charge in [0.25, 0.3) is 0 Å². The standard InChI is InChI=1S/C4H10O2.6CN.ClH.Co.H2O.2Zn/c1-4(5-2)6-3;6*1-2;;;;;/h4H,1-3H3;;;;;;;1H;;1H2;;/q;;;;;;;;-3;;2*+2/p-1. The number of nitrogens with zero attached hydrogens (tertiary/aromatic N) is 6. The fourth-order valence-corrected chi connectivity index (χ4v) is 1.13. The average Bonchev–Trinajstić information content (AvgIpc) is 2.52. The number of halogens is 1. The van der Waals surface area contributed by atoms with E-state index < -0.39 is 10.5 Å². The summed E-state index contributed by atoms with van der Waals surface area (Å²) in [5.74, 6) is 0. The average molecular weight is 489 g/mol. The molecule has 0 spiro atoms. The molecular formula is C10H12ClCoN6O3Zn2. The van der Waals surface area contributed by atoms with Gasteiger partial charge in [0.1, 0.15) is 0 Å². The third kappa shape index (κ3) is 6.87. The first kappa shape index (κ1) is 37.8. The van der Waals surface area contributed by atoms with Crippen LogP contribution in [0, 0.1) is 61.6 Å². The van der Waals surface area contributed by atoms with E-state index in [9.17, 15) is 0 Å². The molecule has 0 amide bonds. The molecule has 2 N–H and O–H groups in total. The van der Waals surface area contributed by atoms with E-state index in [2.05, 4.69) is 9.47 Å². The Morgan fingerprint density at radius 3 is 0.870 bits per heavy atom. The second kappa shape index (κ2) is 13.3. The molecule has 0 heterocycles. The normalized spacial score (nSPS) is 10.2. The summed E-state index contributed by atoms with van der Waals surface area (Å²) in [7, 11) is -2.82. The Labute approximate surface area is 165 Å².